The van der Waals surface area contributed by atoms with Crippen LogP contribution in [0.25, 0.3) is 11.6 Å². The van der Waals surface area contributed by atoms with Crippen molar-refractivity contribution in [1.29, 1.82) is 0 Å². The third-order valence-electron chi connectivity index (χ3n) is 3.03. The van der Waals surface area contributed by atoms with E-state index in [2.05, 4.69) is 0 Å². The lowest BCUT2D eigenvalue weighted by Crippen LogP contribution is -2.09. The lowest BCUT2D eigenvalue weighted by atomic mass is 9.97. The first kappa shape index (κ1) is 15.4. The van der Waals surface area contributed by atoms with Crippen LogP contribution in [0.15, 0.2) is 48.5 Å². The number of halogens is 1. The summed E-state index contributed by atoms with van der Waals surface area (Å²) >= 11 is 0. The molecule has 0 fully saturated rings. The fourth-order valence-electron chi connectivity index (χ4n) is 1.99. The summed E-state index contributed by atoms with van der Waals surface area (Å²) in [5.41, 5.74) is 0.876. The summed E-state index contributed by atoms with van der Waals surface area (Å²) in [4.78, 5) is 23.3. The Labute approximate surface area is 126 Å². The van der Waals surface area contributed by atoms with E-state index in [1.54, 1.807) is 12.1 Å². The number of aromatic carboxylic acids is 1. The highest BCUT2D eigenvalue weighted by Crippen LogP contribution is 2.23. The maximum atomic E-state index is 13.0. The Balaban J connectivity index is 2.59. The Hall–Kier alpha value is -2.95. The van der Waals surface area contributed by atoms with Gasteiger partial charge in [0.15, 0.2) is 0 Å². The van der Waals surface area contributed by atoms with Gasteiger partial charge in [-0.2, -0.15) is 0 Å². The van der Waals surface area contributed by atoms with Crippen LogP contribution < -0.4 is 0 Å². The second-order valence-corrected chi connectivity index (χ2v) is 4.45. The van der Waals surface area contributed by atoms with Crippen molar-refractivity contribution in [3.8, 4) is 0 Å². The molecule has 0 saturated heterocycles. The number of carboxylic acids is 1. The molecular formula is C17H13FO4. The number of hydrogen-bond acceptors (Lipinski definition) is 3. The minimum atomic E-state index is -1.15. The molecule has 22 heavy (non-hydrogen) atoms. The smallest absolute Gasteiger partial charge is 0.338 e. The number of rotatable bonds is 4. The molecule has 0 amide bonds. The zero-order valence-electron chi connectivity index (χ0n) is 11.7. The number of methoxy groups -OCH3 is 1. The average Bonchev–Trinajstić information content (AvgIpc) is 2.53. The van der Waals surface area contributed by atoms with Gasteiger partial charge in [-0.25, -0.2) is 14.0 Å². The lowest BCUT2D eigenvalue weighted by Gasteiger charge is -2.09. The van der Waals surface area contributed by atoms with Crippen molar-refractivity contribution in [3.05, 3.63) is 71.0 Å². The van der Waals surface area contributed by atoms with Crippen molar-refractivity contribution >= 4 is 23.6 Å². The molecule has 2 aromatic rings. The molecule has 4 nitrogen and oxygen atoms in total. The van der Waals surface area contributed by atoms with E-state index in [9.17, 15) is 19.1 Å². The van der Waals surface area contributed by atoms with Gasteiger partial charge in [0.2, 0.25) is 0 Å². The van der Waals surface area contributed by atoms with E-state index in [-0.39, 0.29) is 16.7 Å². The highest BCUT2D eigenvalue weighted by Gasteiger charge is 2.19. The van der Waals surface area contributed by atoms with Crippen LogP contribution in [-0.4, -0.2) is 24.2 Å². The van der Waals surface area contributed by atoms with E-state index >= 15 is 0 Å². The highest BCUT2D eigenvalue weighted by molar-refractivity contribution is 6.23. The van der Waals surface area contributed by atoms with Crippen LogP contribution in [-0.2, 0) is 9.53 Å². The molecule has 0 atom stereocenters. The highest BCUT2D eigenvalue weighted by atomic mass is 19.1. The van der Waals surface area contributed by atoms with E-state index < -0.39 is 17.8 Å². The monoisotopic (exact) mass is 300 g/mol. The van der Waals surface area contributed by atoms with Gasteiger partial charge in [-0.3, -0.25) is 0 Å². The van der Waals surface area contributed by atoms with Crippen LogP contribution >= 0.6 is 0 Å². The molecule has 0 aliphatic heterocycles. The Morgan fingerprint density at radius 2 is 1.64 bits per heavy atom. The third kappa shape index (κ3) is 3.38. The molecule has 112 valence electrons. The molecule has 0 saturated carbocycles. The Morgan fingerprint density at radius 1 is 1.05 bits per heavy atom. The summed E-state index contributed by atoms with van der Waals surface area (Å²) in [6.45, 7) is 0. The lowest BCUT2D eigenvalue weighted by molar-refractivity contribution is -0.133. The second kappa shape index (κ2) is 6.67. The topological polar surface area (TPSA) is 63.6 Å². The summed E-state index contributed by atoms with van der Waals surface area (Å²) in [5.74, 6) is -2.22. The maximum Gasteiger partial charge on any atom is 0.338 e. The normalized spacial score (nSPS) is 11.1. The van der Waals surface area contributed by atoms with E-state index in [1.807, 2.05) is 0 Å². The van der Waals surface area contributed by atoms with Gasteiger partial charge in [0, 0.05) is 5.56 Å². The number of carbonyl (C=O) groups is 2. The van der Waals surface area contributed by atoms with Crippen LogP contribution in [0.3, 0.4) is 0 Å². The fourth-order valence-corrected chi connectivity index (χ4v) is 1.99. The molecule has 0 spiro atoms. The standard InChI is InChI=1S/C17H13FO4/c1-22-17(21)15(10-11-6-8-12(18)9-7-11)13-4-2-3-5-14(13)16(19)20/h2-10H,1H3,(H,19,20)/b15-10+. The van der Waals surface area contributed by atoms with E-state index in [0.717, 1.165) is 0 Å². The zero-order valence-corrected chi connectivity index (χ0v) is 11.7. The SMILES string of the molecule is COC(=O)/C(=C/c1ccc(F)cc1)c1ccccc1C(=O)O. The van der Waals surface area contributed by atoms with Gasteiger partial charge >= 0.3 is 11.9 Å². The number of hydrogen-bond donors (Lipinski definition) is 1. The molecule has 2 rings (SSSR count). The van der Waals surface area contributed by atoms with Crippen molar-refractivity contribution in [2.75, 3.05) is 7.11 Å². The van der Waals surface area contributed by atoms with Crippen molar-refractivity contribution in [1.82, 2.24) is 0 Å². The van der Waals surface area contributed by atoms with Crippen LogP contribution in [0.2, 0.25) is 0 Å². The largest absolute Gasteiger partial charge is 0.478 e. The van der Waals surface area contributed by atoms with E-state index in [0.29, 0.717) is 5.56 Å². The van der Waals surface area contributed by atoms with E-state index in [1.165, 1.54) is 49.6 Å². The summed E-state index contributed by atoms with van der Waals surface area (Å²) in [7, 11) is 1.21. The van der Waals surface area contributed by atoms with Crippen LogP contribution in [0.1, 0.15) is 21.5 Å². The molecule has 0 bridgehead atoms. The molecule has 0 heterocycles. The zero-order chi connectivity index (χ0) is 16.1. The minimum absolute atomic E-state index is 0.0127. The molecule has 5 heteroatoms. The van der Waals surface area contributed by atoms with Crippen molar-refractivity contribution in [3.63, 3.8) is 0 Å². The van der Waals surface area contributed by atoms with Gasteiger partial charge < -0.3 is 9.84 Å². The number of carbonyl (C=O) groups excluding carboxylic acids is 1. The summed E-state index contributed by atoms with van der Waals surface area (Å²) < 4.78 is 17.7. The summed E-state index contributed by atoms with van der Waals surface area (Å²) in [6.07, 6.45) is 1.47. The second-order valence-electron chi connectivity index (χ2n) is 4.45. The number of carboxylic acid groups (broad SMARTS) is 1. The third-order valence-corrected chi connectivity index (χ3v) is 3.03. The molecule has 1 N–H and O–H groups in total. The van der Waals surface area contributed by atoms with Crippen LogP contribution in [0, 0.1) is 5.82 Å². The average molecular weight is 300 g/mol. The molecule has 0 aliphatic carbocycles. The molecule has 0 unspecified atom stereocenters. The van der Waals surface area contributed by atoms with Crippen molar-refractivity contribution in [2.45, 2.75) is 0 Å². The van der Waals surface area contributed by atoms with Crippen LogP contribution in [0.4, 0.5) is 4.39 Å². The minimum Gasteiger partial charge on any atom is -0.478 e. The van der Waals surface area contributed by atoms with E-state index in [4.69, 9.17) is 4.74 Å². The predicted molar refractivity (Wildman–Crippen MR) is 79.7 cm³/mol. The van der Waals surface area contributed by atoms with Gasteiger partial charge in [0.25, 0.3) is 0 Å². The first-order valence-electron chi connectivity index (χ1n) is 6.41. The molecular weight excluding hydrogens is 287 g/mol. The van der Waals surface area contributed by atoms with Crippen molar-refractivity contribution < 1.29 is 23.8 Å². The number of ether oxygens (including phenoxy) is 1. The van der Waals surface area contributed by atoms with Gasteiger partial charge in [-0.05, 0) is 29.8 Å². The van der Waals surface area contributed by atoms with Crippen molar-refractivity contribution in [2.24, 2.45) is 0 Å². The molecule has 0 radical (unpaired) electrons. The van der Waals surface area contributed by atoms with Crippen LogP contribution in [0.5, 0.6) is 0 Å². The predicted octanol–water partition coefficient (Wildman–Crippen LogP) is 3.24. The molecule has 0 aliphatic rings. The van der Waals surface area contributed by atoms with Gasteiger partial charge in [-0.15, -0.1) is 0 Å². The Kier molecular flexibility index (Phi) is 4.68. The first-order valence-corrected chi connectivity index (χ1v) is 6.41. The fraction of sp³-hybridized carbons (Fsp3) is 0.0588. The number of benzene rings is 2. The Morgan fingerprint density at radius 3 is 2.18 bits per heavy atom. The summed E-state index contributed by atoms with van der Waals surface area (Å²) in [5, 5.41) is 9.24. The van der Waals surface area contributed by atoms with Gasteiger partial charge in [0.05, 0.1) is 18.2 Å². The maximum absolute atomic E-state index is 13.0. The first-order chi connectivity index (χ1) is 10.5. The molecule has 0 aromatic heterocycles. The number of esters is 1. The van der Waals surface area contributed by atoms with Gasteiger partial charge in [0.1, 0.15) is 5.82 Å². The van der Waals surface area contributed by atoms with Gasteiger partial charge in [-0.1, -0.05) is 30.3 Å². The summed E-state index contributed by atoms with van der Waals surface area (Å²) in [6, 6.07) is 11.6. The molecule has 2 aromatic carbocycles. The Bertz CT molecular complexity index is 733. The quantitative estimate of drug-likeness (QED) is 0.535.